The highest BCUT2D eigenvalue weighted by molar-refractivity contribution is 5.39. The molecule has 2 aromatic rings. The van der Waals surface area contributed by atoms with Crippen LogP contribution in [-0.4, -0.2) is 13.2 Å². The summed E-state index contributed by atoms with van der Waals surface area (Å²) in [7, 11) is 0. The van der Waals surface area contributed by atoms with Gasteiger partial charge < -0.3 is 10.1 Å². The van der Waals surface area contributed by atoms with Crippen LogP contribution in [0.3, 0.4) is 0 Å². The molecule has 0 spiro atoms. The molecule has 0 radical (unpaired) electrons. The molecular formula is C16H15F2NO. The van der Waals surface area contributed by atoms with E-state index < -0.39 is 12.5 Å². The van der Waals surface area contributed by atoms with Gasteiger partial charge in [0.05, 0.1) is 12.6 Å². The maximum Gasteiger partial charge on any atom is 0.285 e. The first kappa shape index (κ1) is 13.1. The third kappa shape index (κ3) is 2.51. The molecule has 3 rings (SSSR count). The van der Waals surface area contributed by atoms with Gasteiger partial charge in [0.1, 0.15) is 12.4 Å². The van der Waals surface area contributed by atoms with Crippen molar-refractivity contribution in [2.75, 3.05) is 13.2 Å². The van der Waals surface area contributed by atoms with Gasteiger partial charge in [-0.3, -0.25) is 0 Å². The summed E-state index contributed by atoms with van der Waals surface area (Å²) in [5.74, 6) is -2.12. The van der Waals surface area contributed by atoms with Gasteiger partial charge in [0.2, 0.25) is 0 Å². The highest BCUT2D eigenvalue weighted by Crippen LogP contribution is 2.33. The number of hydrogen-bond donors (Lipinski definition) is 1. The SMILES string of the molecule is FC(F)(CNC1COc2ccccc21)c1ccccc1. The van der Waals surface area contributed by atoms with Gasteiger partial charge in [0.25, 0.3) is 5.92 Å². The smallest absolute Gasteiger partial charge is 0.285 e. The summed E-state index contributed by atoms with van der Waals surface area (Å²) < 4.78 is 33.6. The molecule has 104 valence electrons. The third-order valence-corrected chi connectivity index (χ3v) is 3.47. The number of alkyl halides is 2. The predicted octanol–water partition coefficient (Wildman–Crippen LogP) is 3.50. The Morgan fingerprint density at radius 1 is 1.05 bits per heavy atom. The van der Waals surface area contributed by atoms with E-state index >= 15 is 0 Å². The molecule has 1 heterocycles. The molecule has 0 aromatic heterocycles. The van der Waals surface area contributed by atoms with E-state index in [0.717, 1.165) is 11.3 Å². The number of halogens is 2. The Morgan fingerprint density at radius 2 is 1.75 bits per heavy atom. The molecular weight excluding hydrogens is 260 g/mol. The van der Waals surface area contributed by atoms with E-state index in [0.29, 0.717) is 6.61 Å². The maximum atomic E-state index is 14.1. The van der Waals surface area contributed by atoms with E-state index in [4.69, 9.17) is 4.74 Å². The zero-order valence-corrected chi connectivity index (χ0v) is 10.9. The van der Waals surface area contributed by atoms with Crippen molar-refractivity contribution in [1.82, 2.24) is 5.32 Å². The summed E-state index contributed by atoms with van der Waals surface area (Å²) >= 11 is 0. The van der Waals surface area contributed by atoms with Gasteiger partial charge in [-0.15, -0.1) is 0 Å². The number of para-hydroxylation sites is 1. The number of ether oxygens (including phenoxy) is 1. The van der Waals surface area contributed by atoms with E-state index in [1.807, 2.05) is 24.3 Å². The molecule has 0 fully saturated rings. The molecule has 2 aromatic carbocycles. The second kappa shape index (κ2) is 5.21. The molecule has 0 saturated heterocycles. The third-order valence-electron chi connectivity index (χ3n) is 3.47. The van der Waals surface area contributed by atoms with Crippen LogP contribution in [0.5, 0.6) is 5.75 Å². The molecule has 0 bridgehead atoms. The summed E-state index contributed by atoms with van der Waals surface area (Å²) in [6, 6.07) is 15.2. The molecule has 0 amide bonds. The molecule has 0 saturated carbocycles. The molecule has 20 heavy (non-hydrogen) atoms. The largest absolute Gasteiger partial charge is 0.491 e. The predicted molar refractivity (Wildman–Crippen MR) is 73.0 cm³/mol. The van der Waals surface area contributed by atoms with Crippen LogP contribution < -0.4 is 10.1 Å². The first-order valence-electron chi connectivity index (χ1n) is 6.55. The van der Waals surface area contributed by atoms with Crippen molar-refractivity contribution in [2.24, 2.45) is 0 Å². The average molecular weight is 275 g/mol. The molecule has 1 N–H and O–H groups in total. The number of nitrogens with one attached hydrogen (secondary N) is 1. The first-order valence-corrected chi connectivity index (χ1v) is 6.55. The minimum absolute atomic E-state index is 0.0275. The zero-order chi connectivity index (χ0) is 14.0. The van der Waals surface area contributed by atoms with Crippen LogP contribution >= 0.6 is 0 Å². The fraction of sp³-hybridized carbons (Fsp3) is 0.250. The maximum absolute atomic E-state index is 14.1. The zero-order valence-electron chi connectivity index (χ0n) is 10.9. The lowest BCUT2D eigenvalue weighted by Crippen LogP contribution is -2.34. The quantitative estimate of drug-likeness (QED) is 0.922. The Labute approximate surface area is 116 Å². The number of benzene rings is 2. The molecule has 1 aliphatic heterocycles. The molecule has 0 aliphatic carbocycles. The van der Waals surface area contributed by atoms with Crippen molar-refractivity contribution < 1.29 is 13.5 Å². The van der Waals surface area contributed by atoms with Gasteiger partial charge in [-0.05, 0) is 6.07 Å². The van der Waals surface area contributed by atoms with E-state index in [1.54, 1.807) is 18.2 Å². The van der Waals surface area contributed by atoms with Gasteiger partial charge in [-0.25, -0.2) is 0 Å². The van der Waals surface area contributed by atoms with Gasteiger partial charge >= 0.3 is 0 Å². The van der Waals surface area contributed by atoms with Crippen LogP contribution in [-0.2, 0) is 5.92 Å². The first-order chi connectivity index (χ1) is 9.67. The highest BCUT2D eigenvalue weighted by atomic mass is 19.3. The Bertz CT molecular complexity index is 586. The molecule has 1 aliphatic rings. The van der Waals surface area contributed by atoms with Crippen LogP contribution in [0.15, 0.2) is 54.6 Å². The normalized spacial score (nSPS) is 17.6. The van der Waals surface area contributed by atoms with Crippen LogP contribution in [0.1, 0.15) is 17.2 Å². The van der Waals surface area contributed by atoms with Gasteiger partial charge in [0, 0.05) is 11.1 Å². The van der Waals surface area contributed by atoms with E-state index in [9.17, 15) is 8.78 Å². The van der Waals surface area contributed by atoms with Crippen LogP contribution in [0, 0.1) is 0 Å². The Morgan fingerprint density at radius 3 is 2.55 bits per heavy atom. The van der Waals surface area contributed by atoms with Gasteiger partial charge in [-0.2, -0.15) is 8.78 Å². The molecule has 4 heteroatoms. The van der Waals surface area contributed by atoms with Gasteiger partial charge in [0.15, 0.2) is 0 Å². The van der Waals surface area contributed by atoms with Crippen molar-refractivity contribution in [2.45, 2.75) is 12.0 Å². The van der Waals surface area contributed by atoms with Crippen molar-refractivity contribution >= 4 is 0 Å². The highest BCUT2D eigenvalue weighted by Gasteiger charge is 2.33. The fourth-order valence-corrected chi connectivity index (χ4v) is 2.37. The van der Waals surface area contributed by atoms with Crippen molar-refractivity contribution in [3.8, 4) is 5.75 Å². The summed E-state index contributed by atoms with van der Waals surface area (Å²) in [4.78, 5) is 0. The summed E-state index contributed by atoms with van der Waals surface area (Å²) in [5, 5.41) is 2.90. The lowest BCUT2D eigenvalue weighted by molar-refractivity contribution is -0.00627. The fourth-order valence-electron chi connectivity index (χ4n) is 2.37. The second-order valence-corrected chi connectivity index (χ2v) is 4.85. The standard InChI is InChI=1S/C16H15F2NO/c17-16(18,12-6-2-1-3-7-12)11-19-14-10-20-15-9-5-4-8-13(14)15/h1-9,14,19H,10-11H2. The Hall–Kier alpha value is -1.94. The van der Waals surface area contributed by atoms with Crippen LogP contribution in [0.25, 0.3) is 0 Å². The monoisotopic (exact) mass is 275 g/mol. The summed E-state index contributed by atoms with van der Waals surface area (Å²) in [6.07, 6.45) is 0. The van der Waals surface area contributed by atoms with Crippen LogP contribution in [0.2, 0.25) is 0 Å². The second-order valence-electron chi connectivity index (χ2n) is 4.85. The number of hydrogen-bond acceptors (Lipinski definition) is 2. The Kier molecular flexibility index (Phi) is 3.40. The topological polar surface area (TPSA) is 21.3 Å². The van der Waals surface area contributed by atoms with E-state index in [-0.39, 0.29) is 11.6 Å². The van der Waals surface area contributed by atoms with E-state index in [2.05, 4.69) is 5.32 Å². The molecule has 2 nitrogen and oxygen atoms in total. The minimum atomic E-state index is -2.89. The number of rotatable bonds is 4. The number of fused-ring (bicyclic) bond motifs is 1. The van der Waals surface area contributed by atoms with E-state index in [1.165, 1.54) is 12.1 Å². The Balaban J connectivity index is 1.69. The van der Waals surface area contributed by atoms with Crippen molar-refractivity contribution in [3.05, 3.63) is 65.7 Å². The lowest BCUT2D eigenvalue weighted by atomic mass is 10.1. The average Bonchev–Trinajstić information content (AvgIpc) is 2.89. The lowest BCUT2D eigenvalue weighted by Gasteiger charge is -2.20. The van der Waals surface area contributed by atoms with Crippen molar-refractivity contribution in [1.29, 1.82) is 0 Å². The van der Waals surface area contributed by atoms with Gasteiger partial charge in [-0.1, -0.05) is 48.5 Å². The molecule has 1 unspecified atom stereocenters. The molecule has 1 atom stereocenters. The minimum Gasteiger partial charge on any atom is -0.491 e. The van der Waals surface area contributed by atoms with Crippen molar-refractivity contribution in [3.63, 3.8) is 0 Å². The summed E-state index contributed by atoms with van der Waals surface area (Å²) in [5.41, 5.74) is 0.969. The summed E-state index contributed by atoms with van der Waals surface area (Å²) in [6.45, 7) is -0.0103. The van der Waals surface area contributed by atoms with Crippen LogP contribution in [0.4, 0.5) is 8.78 Å².